The van der Waals surface area contributed by atoms with Crippen molar-refractivity contribution >= 4 is 5.97 Å². The molecule has 4 heteroatoms. The summed E-state index contributed by atoms with van der Waals surface area (Å²) in [6, 6.07) is 13.8. The quantitative estimate of drug-likeness (QED) is 0.850. The van der Waals surface area contributed by atoms with Gasteiger partial charge in [-0.05, 0) is 35.4 Å². The fourth-order valence-electron chi connectivity index (χ4n) is 1.72. The predicted octanol–water partition coefficient (Wildman–Crippen LogP) is 2.69. The van der Waals surface area contributed by atoms with Crippen molar-refractivity contribution in [1.29, 1.82) is 0 Å². The first-order valence-corrected chi connectivity index (χ1v) is 6.24. The summed E-state index contributed by atoms with van der Waals surface area (Å²) < 4.78 is 10.2. The largest absolute Gasteiger partial charge is 0.508 e. The predicted molar refractivity (Wildman–Crippen MR) is 74.6 cm³/mol. The molecule has 0 fully saturated rings. The number of methoxy groups -OCH3 is 1. The number of esters is 1. The summed E-state index contributed by atoms with van der Waals surface area (Å²) in [5, 5.41) is 9.16. The van der Waals surface area contributed by atoms with Crippen LogP contribution in [-0.4, -0.2) is 18.2 Å². The highest BCUT2D eigenvalue weighted by Crippen LogP contribution is 2.13. The number of rotatable bonds is 5. The van der Waals surface area contributed by atoms with Crippen LogP contribution in [0.5, 0.6) is 11.5 Å². The van der Waals surface area contributed by atoms with E-state index in [0.717, 1.165) is 16.9 Å². The molecule has 2 rings (SSSR count). The molecule has 0 aliphatic rings. The Morgan fingerprint density at radius 1 is 1.00 bits per heavy atom. The first-order chi connectivity index (χ1) is 9.67. The summed E-state index contributed by atoms with van der Waals surface area (Å²) in [5.41, 5.74) is 1.72. The average molecular weight is 272 g/mol. The molecule has 0 saturated heterocycles. The molecule has 20 heavy (non-hydrogen) atoms. The normalized spacial score (nSPS) is 10.1. The van der Waals surface area contributed by atoms with Crippen molar-refractivity contribution in [2.75, 3.05) is 7.11 Å². The monoisotopic (exact) mass is 272 g/mol. The Morgan fingerprint density at radius 2 is 1.60 bits per heavy atom. The molecule has 4 nitrogen and oxygen atoms in total. The van der Waals surface area contributed by atoms with Crippen molar-refractivity contribution in [3.8, 4) is 11.5 Å². The third kappa shape index (κ3) is 4.02. The molecule has 2 aromatic rings. The number of phenolic OH excluding ortho intramolecular Hbond substituents is 1. The van der Waals surface area contributed by atoms with Gasteiger partial charge in [0, 0.05) is 0 Å². The van der Waals surface area contributed by atoms with Gasteiger partial charge >= 0.3 is 5.97 Å². The van der Waals surface area contributed by atoms with E-state index in [4.69, 9.17) is 14.6 Å². The van der Waals surface area contributed by atoms with Gasteiger partial charge in [0.15, 0.2) is 0 Å². The van der Waals surface area contributed by atoms with Crippen LogP contribution in [0.15, 0.2) is 48.5 Å². The Labute approximate surface area is 117 Å². The van der Waals surface area contributed by atoms with Crippen molar-refractivity contribution in [2.24, 2.45) is 0 Å². The van der Waals surface area contributed by atoms with Crippen LogP contribution in [0.4, 0.5) is 0 Å². The van der Waals surface area contributed by atoms with Crippen molar-refractivity contribution < 1.29 is 19.4 Å². The second-order valence-corrected chi connectivity index (χ2v) is 4.35. The highest BCUT2D eigenvalue weighted by Gasteiger charge is 2.05. The minimum absolute atomic E-state index is 0.181. The average Bonchev–Trinajstić information content (AvgIpc) is 2.48. The Kier molecular flexibility index (Phi) is 4.60. The zero-order valence-electron chi connectivity index (χ0n) is 11.2. The smallest absolute Gasteiger partial charge is 0.310 e. The number of benzene rings is 2. The van der Waals surface area contributed by atoms with E-state index in [-0.39, 0.29) is 24.7 Å². The third-order valence-electron chi connectivity index (χ3n) is 2.84. The van der Waals surface area contributed by atoms with Crippen LogP contribution in [-0.2, 0) is 22.6 Å². The standard InChI is InChI=1S/C16H16O4/c1-19-15-8-4-13(5-9-15)11-20-16(18)10-12-2-6-14(17)7-3-12/h2-9,17H,10-11H2,1H3. The number of aromatic hydroxyl groups is 1. The van der Waals surface area contributed by atoms with Crippen molar-refractivity contribution in [3.05, 3.63) is 59.7 Å². The number of ether oxygens (including phenoxy) is 2. The summed E-state index contributed by atoms with van der Waals surface area (Å²) in [4.78, 5) is 11.7. The van der Waals surface area contributed by atoms with Crippen molar-refractivity contribution in [1.82, 2.24) is 0 Å². The lowest BCUT2D eigenvalue weighted by Gasteiger charge is -2.06. The molecular formula is C16H16O4. The van der Waals surface area contributed by atoms with Crippen LogP contribution in [0.25, 0.3) is 0 Å². The zero-order chi connectivity index (χ0) is 14.4. The van der Waals surface area contributed by atoms with Gasteiger partial charge in [0.05, 0.1) is 13.5 Å². The molecule has 0 aliphatic heterocycles. The molecular weight excluding hydrogens is 256 g/mol. The number of phenols is 1. The van der Waals surface area contributed by atoms with Crippen LogP contribution < -0.4 is 4.74 Å². The lowest BCUT2D eigenvalue weighted by molar-refractivity contribution is -0.144. The number of hydrogen-bond donors (Lipinski definition) is 1. The molecule has 0 atom stereocenters. The van der Waals surface area contributed by atoms with E-state index in [0.29, 0.717) is 0 Å². The van der Waals surface area contributed by atoms with Gasteiger partial charge in [0.2, 0.25) is 0 Å². The van der Waals surface area contributed by atoms with Gasteiger partial charge in [0.25, 0.3) is 0 Å². The maximum Gasteiger partial charge on any atom is 0.310 e. The fraction of sp³-hybridized carbons (Fsp3) is 0.188. The third-order valence-corrected chi connectivity index (χ3v) is 2.84. The zero-order valence-corrected chi connectivity index (χ0v) is 11.2. The first-order valence-electron chi connectivity index (χ1n) is 6.24. The van der Waals surface area contributed by atoms with E-state index in [2.05, 4.69) is 0 Å². The minimum Gasteiger partial charge on any atom is -0.508 e. The van der Waals surface area contributed by atoms with E-state index >= 15 is 0 Å². The van der Waals surface area contributed by atoms with Gasteiger partial charge in [0.1, 0.15) is 18.1 Å². The lowest BCUT2D eigenvalue weighted by Crippen LogP contribution is -2.07. The van der Waals surface area contributed by atoms with E-state index in [1.54, 1.807) is 31.4 Å². The SMILES string of the molecule is COc1ccc(COC(=O)Cc2ccc(O)cc2)cc1. The highest BCUT2D eigenvalue weighted by molar-refractivity contribution is 5.72. The molecule has 0 spiro atoms. The Balaban J connectivity index is 1.83. The van der Waals surface area contributed by atoms with Crippen LogP contribution in [0, 0.1) is 0 Å². The van der Waals surface area contributed by atoms with Gasteiger partial charge < -0.3 is 14.6 Å². The maximum atomic E-state index is 11.7. The first kappa shape index (κ1) is 13.9. The van der Waals surface area contributed by atoms with Crippen molar-refractivity contribution in [3.63, 3.8) is 0 Å². The van der Waals surface area contributed by atoms with E-state index in [1.807, 2.05) is 24.3 Å². The molecule has 1 N–H and O–H groups in total. The summed E-state index contributed by atoms with van der Waals surface area (Å²) in [6.07, 6.45) is 0.191. The summed E-state index contributed by atoms with van der Waals surface area (Å²) in [7, 11) is 1.60. The van der Waals surface area contributed by atoms with Crippen LogP contribution in [0.2, 0.25) is 0 Å². The van der Waals surface area contributed by atoms with Gasteiger partial charge in [-0.1, -0.05) is 24.3 Å². The topological polar surface area (TPSA) is 55.8 Å². The Bertz CT molecular complexity index is 558. The second-order valence-electron chi connectivity index (χ2n) is 4.35. The summed E-state index contributed by atoms with van der Waals surface area (Å²) in [5.74, 6) is 0.649. The molecule has 0 aromatic heterocycles. The molecule has 0 aliphatic carbocycles. The second kappa shape index (κ2) is 6.61. The molecule has 0 bridgehead atoms. The number of carbonyl (C=O) groups excluding carboxylic acids is 1. The molecule has 0 saturated carbocycles. The molecule has 0 heterocycles. The number of hydrogen-bond acceptors (Lipinski definition) is 4. The van der Waals surface area contributed by atoms with Crippen LogP contribution >= 0.6 is 0 Å². The van der Waals surface area contributed by atoms with Gasteiger partial charge in [-0.15, -0.1) is 0 Å². The number of carbonyl (C=O) groups is 1. The maximum absolute atomic E-state index is 11.7. The molecule has 2 aromatic carbocycles. The van der Waals surface area contributed by atoms with Crippen LogP contribution in [0.3, 0.4) is 0 Å². The molecule has 0 radical (unpaired) electrons. The van der Waals surface area contributed by atoms with Gasteiger partial charge in [-0.2, -0.15) is 0 Å². The minimum atomic E-state index is -0.300. The van der Waals surface area contributed by atoms with E-state index < -0.39 is 0 Å². The van der Waals surface area contributed by atoms with E-state index in [1.165, 1.54) is 0 Å². The lowest BCUT2D eigenvalue weighted by atomic mass is 10.1. The summed E-state index contributed by atoms with van der Waals surface area (Å²) >= 11 is 0. The van der Waals surface area contributed by atoms with Gasteiger partial charge in [-0.25, -0.2) is 0 Å². The molecule has 0 unspecified atom stereocenters. The Morgan fingerprint density at radius 3 is 2.20 bits per heavy atom. The fourth-order valence-corrected chi connectivity index (χ4v) is 1.72. The summed E-state index contributed by atoms with van der Waals surface area (Å²) in [6.45, 7) is 0.237. The Hall–Kier alpha value is -2.49. The molecule has 104 valence electrons. The highest BCUT2D eigenvalue weighted by atomic mass is 16.5. The van der Waals surface area contributed by atoms with Crippen LogP contribution in [0.1, 0.15) is 11.1 Å². The van der Waals surface area contributed by atoms with Crippen molar-refractivity contribution in [2.45, 2.75) is 13.0 Å². The van der Waals surface area contributed by atoms with E-state index in [9.17, 15) is 4.79 Å². The molecule has 0 amide bonds. The van der Waals surface area contributed by atoms with Gasteiger partial charge in [-0.3, -0.25) is 4.79 Å².